The molecule has 0 unspecified atom stereocenters. The molecule has 5 nitrogen and oxygen atoms in total. The molecule has 6 heteroatoms. The van der Waals surface area contributed by atoms with Crippen LogP contribution in [0.5, 0.6) is 0 Å². The molecule has 21 heavy (non-hydrogen) atoms. The molecule has 0 aliphatic carbocycles. The molecule has 1 heterocycles. The van der Waals surface area contributed by atoms with Gasteiger partial charge in [0.2, 0.25) is 0 Å². The van der Waals surface area contributed by atoms with E-state index in [-0.39, 0.29) is 5.70 Å². The Bertz CT molecular complexity index is 718. The zero-order valence-electron chi connectivity index (χ0n) is 11.1. The van der Waals surface area contributed by atoms with Gasteiger partial charge in [-0.1, -0.05) is 12.1 Å². The quantitative estimate of drug-likeness (QED) is 0.630. The van der Waals surface area contributed by atoms with Crippen LogP contribution in [0.2, 0.25) is 0 Å². The molecular formula is C15H11INO4-. The number of carboxylic acids is 1. The molecule has 2 rings (SSSR count). The highest BCUT2D eigenvalue weighted by molar-refractivity contribution is 14.1. The van der Waals surface area contributed by atoms with Crippen molar-refractivity contribution in [2.24, 2.45) is 0 Å². The van der Waals surface area contributed by atoms with Crippen LogP contribution in [0.4, 0.5) is 0 Å². The van der Waals surface area contributed by atoms with E-state index in [0.717, 1.165) is 3.57 Å². The second kappa shape index (κ2) is 6.57. The van der Waals surface area contributed by atoms with Gasteiger partial charge in [0.05, 0.1) is 17.2 Å². The minimum atomic E-state index is -1.48. The SMILES string of the molecule is Cc1ccc(/C=C(\NC(=O)c2ccccc2I)C(=O)[O-])o1. The fourth-order valence-corrected chi connectivity index (χ4v) is 2.29. The second-order valence-corrected chi connectivity index (χ2v) is 5.39. The van der Waals surface area contributed by atoms with Crippen molar-refractivity contribution in [3.8, 4) is 0 Å². The highest BCUT2D eigenvalue weighted by Crippen LogP contribution is 2.13. The first-order chi connectivity index (χ1) is 9.97. The van der Waals surface area contributed by atoms with Crippen molar-refractivity contribution in [2.45, 2.75) is 6.92 Å². The molecular weight excluding hydrogens is 385 g/mol. The van der Waals surface area contributed by atoms with Crippen LogP contribution in [0, 0.1) is 10.5 Å². The van der Waals surface area contributed by atoms with Gasteiger partial charge in [-0.25, -0.2) is 0 Å². The van der Waals surface area contributed by atoms with E-state index < -0.39 is 11.9 Å². The minimum Gasteiger partial charge on any atom is -0.543 e. The van der Waals surface area contributed by atoms with E-state index in [1.165, 1.54) is 6.08 Å². The number of amides is 1. The Labute approximate surface area is 134 Å². The Hall–Kier alpha value is -2.09. The van der Waals surface area contributed by atoms with Crippen LogP contribution in [-0.2, 0) is 4.79 Å². The lowest BCUT2D eigenvalue weighted by atomic mass is 10.2. The average molecular weight is 396 g/mol. The van der Waals surface area contributed by atoms with Gasteiger partial charge in [0.1, 0.15) is 11.5 Å². The van der Waals surface area contributed by atoms with Gasteiger partial charge in [-0.3, -0.25) is 4.79 Å². The molecule has 1 N–H and O–H groups in total. The maximum absolute atomic E-state index is 12.1. The number of hydrogen-bond donors (Lipinski definition) is 1. The topological polar surface area (TPSA) is 82.4 Å². The van der Waals surface area contributed by atoms with Crippen molar-refractivity contribution >= 4 is 40.5 Å². The summed E-state index contributed by atoms with van der Waals surface area (Å²) in [6.45, 7) is 1.74. The Morgan fingerprint density at radius 2 is 1.95 bits per heavy atom. The Morgan fingerprint density at radius 3 is 2.52 bits per heavy atom. The van der Waals surface area contributed by atoms with Gasteiger partial charge in [0.15, 0.2) is 0 Å². The van der Waals surface area contributed by atoms with Crippen LogP contribution in [0.3, 0.4) is 0 Å². The summed E-state index contributed by atoms with van der Waals surface area (Å²) in [5.41, 5.74) is 0.0369. The number of carbonyl (C=O) groups is 2. The van der Waals surface area contributed by atoms with E-state index in [1.807, 2.05) is 22.6 Å². The summed E-state index contributed by atoms with van der Waals surface area (Å²) in [6.07, 6.45) is 1.22. The maximum atomic E-state index is 12.1. The number of nitrogens with one attached hydrogen (secondary N) is 1. The average Bonchev–Trinajstić information content (AvgIpc) is 2.83. The number of halogens is 1. The standard InChI is InChI=1S/C15H12INO4/c1-9-6-7-10(21-9)8-13(15(19)20)17-14(18)11-4-2-3-5-12(11)16/h2-8H,1H3,(H,17,18)(H,19,20)/p-1/b13-8-. The van der Waals surface area contributed by atoms with Crippen LogP contribution in [0.25, 0.3) is 6.08 Å². The largest absolute Gasteiger partial charge is 0.543 e. The van der Waals surface area contributed by atoms with Gasteiger partial charge < -0.3 is 19.6 Å². The van der Waals surface area contributed by atoms with Gasteiger partial charge in [-0.05, 0) is 53.8 Å². The molecule has 0 saturated heterocycles. The summed E-state index contributed by atoms with van der Waals surface area (Å²) in [4.78, 5) is 23.2. The van der Waals surface area contributed by atoms with Crippen molar-refractivity contribution in [3.05, 3.63) is 62.7 Å². The lowest BCUT2D eigenvalue weighted by molar-refractivity contribution is -0.299. The maximum Gasteiger partial charge on any atom is 0.256 e. The van der Waals surface area contributed by atoms with E-state index in [4.69, 9.17) is 4.42 Å². The molecule has 0 aliphatic rings. The first-order valence-electron chi connectivity index (χ1n) is 6.02. The third-order valence-electron chi connectivity index (χ3n) is 2.63. The van der Waals surface area contributed by atoms with Crippen molar-refractivity contribution in [1.29, 1.82) is 0 Å². The molecule has 108 valence electrons. The number of furan rings is 1. The molecule has 0 fully saturated rings. The Kier molecular flexibility index (Phi) is 4.79. The number of aryl methyl sites for hydroxylation is 1. The molecule has 0 saturated carbocycles. The number of carbonyl (C=O) groups excluding carboxylic acids is 2. The van der Waals surface area contributed by atoms with Crippen LogP contribution in [-0.4, -0.2) is 11.9 Å². The predicted molar refractivity (Wildman–Crippen MR) is 83.1 cm³/mol. The van der Waals surface area contributed by atoms with E-state index in [0.29, 0.717) is 17.1 Å². The molecule has 0 radical (unpaired) electrons. The lowest BCUT2D eigenvalue weighted by Crippen LogP contribution is -2.35. The predicted octanol–water partition coefficient (Wildman–Crippen LogP) is 1.71. The smallest absolute Gasteiger partial charge is 0.256 e. The zero-order valence-corrected chi connectivity index (χ0v) is 13.2. The molecule has 0 atom stereocenters. The van der Waals surface area contributed by atoms with Crippen molar-refractivity contribution in [1.82, 2.24) is 5.32 Å². The third kappa shape index (κ3) is 3.94. The van der Waals surface area contributed by atoms with Gasteiger partial charge >= 0.3 is 0 Å². The van der Waals surface area contributed by atoms with E-state index in [1.54, 1.807) is 43.3 Å². The minimum absolute atomic E-state index is 0.328. The number of carboxylic acid groups (broad SMARTS) is 1. The van der Waals surface area contributed by atoms with E-state index >= 15 is 0 Å². The first-order valence-corrected chi connectivity index (χ1v) is 7.10. The monoisotopic (exact) mass is 396 g/mol. The fraction of sp³-hybridized carbons (Fsp3) is 0.0667. The molecule has 1 amide bonds. The van der Waals surface area contributed by atoms with Gasteiger partial charge in [-0.2, -0.15) is 0 Å². The van der Waals surface area contributed by atoms with Gasteiger partial charge in [0.25, 0.3) is 5.91 Å². The van der Waals surface area contributed by atoms with Crippen LogP contribution < -0.4 is 10.4 Å². The number of rotatable bonds is 4. The van der Waals surface area contributed by atoms with Gasteiger partial charge in [0, 0.05) is 9.65 Å². The summed E-state index contributed by atoms with van der Waals surface area (Å²) >= 11 is 2.00. The normalized spacial score (nSPS) is 11.2. The Morgan fingerprint density at radius 1 is 1.24 bits per heavy atom. The van der Waals surface area contributed by atoms with E-state index in [9.17, 15) is 14.7 Å². The molecule has 1 aromatic carbocycles. The van der Waals surface area contributed by atoms with Crippen LogP contribution >= 0.6 is 22.6 Å². The summed E-state index contributed by atoms with van der Waals surface area (Å²) < 4.78 is 5.98. The second-order valence-electron chi connectivity index (χ2n) is 4.23. The van der Waals surface area contributed by atoms with Gasteiger partial charge in [-0.15, -0.1) is 0 Å². The molecule has 0 spiro atoms. The molecule has 1 aromatic heterocycles. The third-order valence-corrected chi connectivity index (χ3v) is 3.58. The molecule has 0 bridgehead atoms. The number of benzene rings is 1. The summed E-state index contributed by atoms with van der Waals surface area (Å²) in [5, 5.41) is 13.5. The highest BCUT2D eigenvalue weighted by Gasteiger charge is 2.12. The fourth-order valence-electron chi connectivity index (χ4n) is 1.65. The molecule has 2 aromatic rings. The number of hydrogen-bond acceptors (Lipinski definition) is 4. The summed E-state index contributed by atoms with van der Waals surface area (Å²) in [7, 11) is 0. The molecule has 0 aliphatic heterocycles. The highest BCUT2D eigenvalue weighted by atomic mass is 127. The first kappa shape index (κ1) is 15.3. The van der Waals surface area contributed by atoms with Crippen molar-refractivity contribution in [3.63, 3.8) is 0 Å². The summed E-state index contributed by atoms with van der Waals surface area (Å²) in [6, 6.07) is 10.2. The summed E-state index contributed by atoms with van der Waals surface area (Å²) in [5.74, 6) is -1.03. The van der Waals surface area contributed by atoms with Crippen LogP contribution in [0.1, 0.15) is 21.9 Å². The van der Waals surface area contributed by atoms with Crippen LogP contribution in [0.15, 0.2) is 46.5 Å². The number of aliphatic carboxylic acids is 1. The zero-order chi connectivity index (χ0) is 15.4. The lowest BCUT2D eigenvalue weighted by Gasteiger charge is -2.11. The van der Waals surface area contributed by atoms with E-state index in [2.05, 4.69) is 5.32 Å². The van der Waals surface area contributed by atoms with Crippen molar-refractivity contribution in [2.75, 3.05) is 0 Å². The Balaban J connectivity index is 2.25. The van der Waals surface area contributed by atoms with Crippen molar-refractivity contribution < 1.29 is 19.1 Å².